The van der Waals surface area contributed by atoms with Crippen LogP contribution in [-0.4, -0.2) is 86.5 Å². The van der Waals surface area contributed by atoms with Gasteiger partial charge in [-0.25, -0.2) is 24.5 Å². The number of anilines is 2. The third kappa shape index (κ3) is 6.28. The molecule has 2 atom stereocenters. The standard InChI is InChI=1S/C21H22N6O2S.C13H14ClN3OS/c1-26(2)21(28)12-4-5-14-17(8-12)30-20-18(14)19(22-11-23-20)25-15-9-13-6-7-24-27(13)10-16(15)29-3;1-17(2)13(18)7-3-4-8-9(5-7)19-12-10(8)11(14)15-6-16-12/h6-7,9-12H,4-5,8H2,1-3H3,(H,22,23,25);6-7H,3-5H2,1-2H3/t12-;7-/m00/s1. The van der Waals surface area contributed by atoms with Gasteiger partial charge < -0.3 is 19.9 Å². The number of fused-ring (bicyclic) bond motifs is 7. The smallest absolute Gasteiger partial charge is 0.225 e. The van der Waals surface area contributed by atoms with Crippen LogP contribution in [0.2, 0.25) is 5.15 Å². The van der Waals surface area contributed by atoms with Crippen LogP contribution >= 0.6 is 34.3 Å². The number of thiophene rings is 2. The van der Waals surface area contributed by atoms with Crippen molar-refractivity contribution in [1.82, 2.24) is 39.3 Å². The van der Waals surface area contributed by atoms with Crippen LogP contribution in [0, 0.1) is 11.8 Å². The number of rotatable bonds is 5. The Balaban J connectivity index is 0.000000171. The number of aryl methyl sites for hydroxylation is 2. The second-order valence-corrected chi connectivity index (χ2v) is 15.2. The average molecular weight is 718 g/mol. The first-order valence-electron chi connectivity index (χ1n) is 16.0. The van der Waals surface area contributed by atoms with E-state index in [1.54, 1.807) is 56.6 Å². The summed E-state index contributed by atoms with van der Waals surface area (Å²) in [6.45, 7) is 0. The second kappa shape index (κ2) is 13.5. The van der Waals surface area contributed by atoms with Gasteiger partial charge in [-0.1, -0.05) is 11.6 Å². The molecule has 2 aliphatic carbocycles. The van der Waals surface area contributed by atoms with Crippen LogP contribution in [0.1, 0.15) is 33.7 Å². The van der Waals surface area contributed by atoms with Gasteiger partial charge in [0.2, 0.25) is 11.8 Å². The normalized spacial score (nSPS) is 16.9. The van der Waals surface area contributed by atoms with Crippen LogP contribution in [0.25, 0.3) is 25.9 Å². The van der Waals surface area contributed by atoms with Gasteiger partial charge in [-0.05, 0) is 61.8 Å². The SMILES string of the molecule is CN(C)C(=O)[C@H]1CCc2c(sc3ncnc(Cl)c23)C1.COc1cn2nccc2cc1Nc1ncnc2sc3c(c12)CC[C@H](C(=O)N(C)C)C3. The molecule has 1 N–H and O–H groups in total. The van der Waals surface area contributed by atoms with Gasteiger partial charge in [0.25, 0.3) is 0 Å². The van der Waals surface area contributed by atoms with Crippen LogP contribution < -0.4 is 10.1 Å². The molecule has 12 nitrogen and oxygen atoms in total. The third-order valence-corrected chi connectivity index (χ3v) is 11.8. The largest absolute Gasteiger partial charge is 0.493 e. The van der Waals surface area contributed by atoms with Crippen molar-refractivity contribution in [3.05, 3.63) is 63.2 Å². The Morgan fingerprint density at radius 2 is 1.49 bits per heavy atom. The van der Waals surface area contributed by atoms with Gasteiger partial charge in [-0.3, -0.25) is 9.59 Å². The summed E-state index contributed by atoms with van der Waals surface area (Å²) in [6, 6.07) is 3.93. The molecule has 0 aromatic carbocycles. The summed E-state index contributed by atoms with van der Waals surface area (Å²) >= 11 is 9.47. The van der Waals surface area contributed by atoms with Gasteiger partial charge >= 0.3 is 0 Å². The van der Waals surface area contributed by atoms with Crippen LogP contribution in [0.15, 0.2) is 37.2 Å². The van der Waals surface area contributed by atoms with Gasteiger partial charge in [0.05, 0.1) is 35.3 Å². The van der Waals surface area contributed by atoms with Gasteiger partial charge in [0.15, 0.2) is 5.75 Å². The highest BCUT2D eigenvalue weighted by molar-refractivity contribution is 7.19. The first-order valence-corrected chi connectivity index (χ1v) is 18.0. The number of hydrogen-bond acceptors (Lipinski definition) is 11. The van der Waals surface area contributed by atoms with E-state index in [0.717, 1.165) is 76.0 Å². The van der Waals surface area contributed by atoms with E-state index < -0.39 is 0 Å². The number of amides is 2. The zero-order valence-electron chi connectivity index (χ0n) is 27.9. The lowest BCUT2D eigenvalue weighted by Gasteiger charge is -2.24. The molecule has 6 aromatic rings. The summed E-state index contributed by atoms with van der Waals surface area (Å²) in [5.74, 6) is 1.97. The predicted molar refractivity (Wildman–Crippen MR) is 193 cm³/mol. The average Bonchev–Trinajstić information content (AvgIpc) is 3.82. The number of aromatic nitrogens is 6. The van der Waals surface area contributed by atoms with Crippen molar-refractivity contribution >= 4 is 83.5 Å². The van der Waals surface area contributed by atoms with E-state index in [0.29, 0.717) is 10.9 Å². The molecule has 2 aliphatic rings. The topological polar surface area (TPSA) is 131 Å². The van der Waals surface area contributed by atoms with Crippen molar-refractivity contribution in [2.24, 2.45) is 11.8 Å². The second-order valence-electron chi connectivity index (χ2n) is 12.7. The molecule has 8 rings (SSSR count). The van der Waals surface area contributed by atoms with Crippen LogP contribution in [0.3, 0.4) is 0 Å². The van der Waals surface area contributed by atoms with Gasteiger partial charge in [0.1, 0.15) is 33.3 Å². The molecule has 6 heterocycles. The number of halogens is 1. The van der Waals surface area contributed by atoms with E-state index >= 15 is 0 Å². The van der Waals surface area contributed by atoms with Crippen LogP contribution in [0.5, 0.6) is 5.75 Å². The molecular weight excluding hydrogens is 682 g/mol. The highest BCUT2D eigenvalue weighted by Crippen LogP contribution is 2.42. The van der Waals surface area contributed by atoms with E-state index in [-0.39, 0.29) is 23.7 Å². The maximum absolute atomic E-state index is 12.5. The zero-order valence-corrected chi connectivity index (χ0v) is 30.2. The van der Waals surface area contributed by atoms with Crippen molar-refractivity contribution in [3.63, 3.8) is 0 Å². The Morgan fingerprint density at radius 1 is 0.898 bits per heavy atom. The molecule has 0 fully saturated rings. The summed E-state index contributed by atoms with van der Waals surface area (Å²) in [4.78, 5) is 49.6. The van der Waals surface area contributed by atoms with Crippen LogP contribution in [-0.2, 0) is 35.3 Å². The summed E-state index contributed by atoms with van der Waals surface area (Å²) in [7, 11) is 8.90. The summed E-state index contributed by atoms with van der Waals surface area (Å²) in [5, 5.41) is 10.3. The Labute approximate surface area is 296 Å². The minimum absolute atomic E-state index is 0.0364. The Kier molecular flexibility index (Phi) is 9.11. The minimum Gasteiger partial charge on any atom is -0.493 e. The Bertz CT molecular complexity index is 2210. The van der Waals surface area contributed by atoms with E-state index in [1.807, 2.05) is 46.5 Å². The van der Waals surface area contributed by atoms with Gasteiger partial charge in [-0.2, -0.15) is 5.10 Å². The summed E-state index contributed by atoms with van der Waals surface area (Å²) in [5.41, 5.74) is 4.28. The fraction of sp³-hybridized carbons (Fsp3) is 0.382. The van der Waals surface area contributed by atoms with Crippen molar-refractivity contribution in [2.45, 2.75) is 38.5 Å². The number of carbonyl (C=O) groups excluding carboxylic acids is 2. The lowest BCUT2D eigenvalue weighted by atomic mass is 9.87. The number of pyridine rings is 1. The van der Waals surface area contributed by atoms with E-state index in [2.05, 4.69) is 30.4 Å². The number of hydrogen-bond donors (Lipinski definition) is 1. The molecule has 254 valence electrons. The maximum atomic E-state index is 12.5. The molecule has 0 radical (unpaired) electrons. The molecule has 0 saturated heterocycles. The molecule has 6 aromatic heterocycles. The number of ether oxygens (including phenoxy) is 1. The Morgan fingerprint density at radius 3 is 2.10 bits per heavy atom. The molecule has 0 bridgehead atoms. The molecule has 0 unspecified atom stereocenters. The van der Waals surface area contributed by atoms with E-state index in [1.165, 1.54) is 27.2 Å². The zero-order chi connectivity index (χ0) is 34.4. The molecule has 2 amide bonds. The number of nitrogens with one attached hydrogen (secondary N) is 1. The monoisotopic (exact) mass is 717 g/mol. The third-order valence-electron chi connectivity index (χ3n) is 9.20. The number of carbonyl (C=O) groups is 2. The quantitative estimate of drug-likeness (QED) is 0.219. The van der Waals surface area contributed by atoms with Crippen molar-refractivity contribution in [2.75, 3.05) is 40.6 Å². The fourth-order valence-electron chi connectivity index (χ4n) is 6.76. The van der Waals surface area contributed by atoms with Crippen molar-refractivity contribution in [3.8, 4) is 5.75 Å². The van der Waals surface area contributed by atoms with E-state index in [4.69, 9.17) is 16.3 Å². The maximum Gasteiger partial charge on any atom is 0.225 e. The molecular formula is C34H36ClN9O3S2. The molecule has 0 saturated carbocycles. The Hall–Kier alpha value is -4.40. The minimum atomic E-state index is 0.0364. The van der Waals surface area contributed by atoms with Gasteiger partial charge in [0, 0.05) is 56.0 Å². The lowest BCUT2D eigenvalue weighted by Crippen LogP contribution is -2.32. The first-order chi connectivity index (χ1) is 23.6. The number of nitrogens with zero attached hydrogens (tertiary/aromatic N) is 8. The van der Waals surface area contributed by atoms with Crippen molar-refractivity contribution < 1.29 is 14.3 Å². The summed E-state index contributed by atoms with van der Waals surface area (Å²) in [6.07, 6.45) is 11.7. The molecule has 0 aliphatic heterocycles. The molecule has 49 heavy (non-hydrogen) atoms. The predicted octanol–water partition coefficient (Wildman–Crippen LogP) is 5.82. The van der Waals surface area contributed by atoms with Crippen molar-refractivity contribution in [1.29, 1.82) is 0 Å². The first kappa shape index (κ1) is 33.1. The highest BCUT2D eigenvalue weighted by Gasteiger charge is 2.31. The fourth-order valence-corrected chi connectivity index (χ4v) is 9.60. The van der Waals surface area contributed by atoms with Crippen LogP contribution in [0.4, 0.5) is 11.5 Å². The van der Waals surface area contributed by atoms with E-state index in [9.17, 15) is 9.59 Å². The molecule has 0 spiro atoms. The lowest BCUT2D eigenvalue weighted by molar-refractivity contribution is -0.134. The molecule has 15 heteroatoms. The summed E-state index contributed by atoms with van der Waals surface area (Å²) < 4.78 is 7.33. The van der Waals surface area contributed by atoms with Gasteiger partial charge in [-0.15, -0.1) is 22.7 Å². The highest BCUT2D eigenvalue weighted by atomic mass is 35.5. The number of methoxy groups -OCH3 is 1.